The molecule has 162 valence electrons. The van der Waals surface area contributed by atoms with Crippen molar-refractivity contribution in [2.24, 2.45) is 0 Å². The zero-order valence-electron chi connectivity index (χ0n) is 17.5. The van der Waals surface area contributed by atoms with Crippen LogP contribution in [0.5, 0.6) is 0 Å². The van der Waals surface area contributed by atoms with E-state index in [4.69, 9.17) is 0 Å². The van der Waals surface area contributed by atoms with Crippen LogP contribution in [-0.4, -0.2) is 59.9 Å². The zero-order chi connectivity index (χ0) is 21.8. The van der Waals surface area contributed by atoms with E-state index in [1.165, 1.54) is 0 Å². The number of anilines is 3. The molecule has 0 aliphatic carbocycles. The van der Waals surface area contributed by atoms with Crippen LogP contribution in [0.1, 0.15) is 19.3 Å². The van der Waals surface area contributed by atoms with Gasteiger partial charge in [0.25, 0.3) is 0 Å². The van der Waals surface area contributed by atoms with Crippen LogP contribution in [0.25, 0.3) is 16.9 Å². The van der Waals surface area contributed by atoms with Gasteiger partial charge in [-0.1, -0.05) is 18.2 Å². The monoisotopic (exact) mass is 429 g/mol. The average molecular weight is 429 g/mol. The Labute approximate surface area is 184 Å². The first-order valence-electron chi connectivity index (χ1n) is 10.6. The summed E-state index contributed by atoms with van der Waals surface area (Å²) in [5.41, 5.74) is 2.31. The molecule has 2 N–H and O–H groups in total. The quantitative estimate of drug-likeness (QED) is 0.411. The lowest BCUT2D eigenvalue weighted by Crippen LogP contribution is -2.27. The van der Waals surface area contributed by atoms with E-state index in [-0.39, 0.29) is 5.91 Å². The number of carbonyl (C=O) groups excluding carboxylic acids is 1. The van der Waals surface area contributed by atoms with E-state index in [2.05, 4.69) is 35.6 Å². The van der Waals surface area contributed by atoms with Crippen LogP contribution in [0.3, 0.4) is 0 Å². The Morgan fingerprint density at radius 2 is 1.97 bits per heavy atom. The summed E-state index contributed by atoms with van der Waals surface area (Å²) < 4.78 is 1.92. The summed E-state index contributed by atoms with van der Waals surface area (Å²) >= 11 is 0. The lowest BCUT2D eigenvalue weighted by Gasteiger charge is -2.15. The minimum absolute atomic E-state index is 0.242. The number of benzene rings is 1. The number of hydrogen-bond acceptors (Lipinski definition) is 8. The molecule has 0 radical (unpaired) electrons. The number of hydrogen-bond donors (Lipinski definition) is 2. The van der Waals surface area contributed by atoms with E-state index in [0.29, 0.717) is 41.7 Å². The lowest BCUT2D eigenvalue weighted by atomic mass is 10.3. The number of nitrogens with zero attached hydrogens (tertiary/aromatic N) is 7. The van der Waals surface area contributed by atoms with Gasteiger partial charge in [0, 0.05) is 44.1 Å². The Hall–Kier alpha value is -4.08. The summed E-state index contributed by atoms with van der Waals surface area (Å²) in [6, 6.07) is 9.91. The molecule has 0 bridgehead atoms. The second-order valence-corrected chi connectivity index (χ2v) is 7.50. The number of carbonyl (C=O) groups is 1. The van der Waals surface area contributed by atoms with Gasteiger partial charge in [0.15, 0.2) is 22.8 Å². The van der Waals surface area contributed by atoms with Crippen molar-refractivity contribution in [2.75, 3.05) is 30.3 Å². The molecule has 1 amide bonds. The highest BCUT2D eigenvalue weighted by atomic mass is 16.2. The lowest BCUT2D eigenvalue weighted by molar-refractivity contribution is -0.127. The highest BCUT2D eigenvalue weighted by Crippen LogP contribution is 2.24. The molecule has 0 spiro atoms. The van der Waals surface area contributed by atoms with Crippen molar-refractivity contribution in [2.45, 2.75) is 19.3 Å². The molecule has 0 unspecified atom stereocenters. The average Bonchev–Trinajstić information content (AvgIpc) is 3.44. The van der Waals surface area contributed by atoms with Crippen LogP contribution in [0.15, 0.2) is 55.2 Å². The molecule has 10 heteroatoms. The zero-order valence-corrected chi connectivity index (χ0v) is 17.5. The van der Waals surface area contributed by atoms with Crippen LogP contribution in [0, 0.1) is 0 Å². The summed E-state index contributed by atoms with van der Waals surface area (Å²) in [6.07, 6.45) is 9.01. The van der Waals surface area contributed by atoms with Crippen molar-refractivity contribution in [3.05, 3.63) is 55.2 Å². The van der Waals surface area contributed by atoms with E-state index < -0.39 is 0 Å². The van der Waals surface area contributed by atoms with E-state index in [0.717, 1.165) is 31.6 Å². The largest absolute Gasteiger partial charge is 0.368 e. The highest BCUT2D eigenvalue weighted by molar-refractivity contribution is 5.85. The number of rotatable bonds is 8. The number of para-hydroxylation sites is 1. The number of likely N-dealkylation sites (tertiary alicyclic amines) is 1. The second kappa shape index (κ2) is 8.96. The Balaban J connectivity index is 1.42. The molecule has 4 aromatic rings. The molecule has 1 aliphatic rings. The first kappa shape index (κ1) is 19.9. The summed E-state index contributed by atoms with van der Waals surface area (Å²) in [7, 11) is 0. The fraction of sp³-hybridized carbons (Fsp3) is 0.273. The van der Waals surface area contributed by atoms with E-state index >= 15 is 0 Å². The molecule has 0 saturated carbocycles. The van der Waals surface area contributed by atoms with Gasteiger partial charge in [-0.3, -0.25) is 14.3 Å². The molecular weight excluding hydrogens is 406 g/mol. The van der Waals surface area contributed by atoms with Crippen LogP contribution in [0.4, 0.5) is 17.6 Å². The molecule has 5 rings (SSSR count). The normalized spacial score (nSPS) is 13.6. The molecule has 10 nitrogen and oxygen atoms in total. The van der Waals surface area contributed by atoms with Gasteiger partial charge in [-0.2, -0.15) is 9.97 Å². The smallest absolute Gasteiger partial charge is 0.232 e. The minimum atomic E-state index is 0.242. The summed E-state index contributed by atoms with van der Waals surface area (Å²) in [5, 5.41) is 6.49. The molecule has 1 aromatic carbocycles. The van der Waals surface area contributed by atoms with Gasteiger partial charge in [0.2, 0.25) is 11.9 Å². The van der Waals surface area contributed by atoms with Crippen molar-refractivity contribution in [1.82, 2.24) is 34.4 Å². The van der Waals surface area contributed by atoms with Gasteiger partial charge < -0.3 is 15.5 Å². The predicted octanol–water partition coefficient (Wildman–Crippen LogP) is 2.77. The van der Waals surface area contributed by atoms with Crippen LogP contribution < -0.4 is 10.6 Å². The van der Waals surface area contributed by atoms with Crippen molar-refractivity contribution in [3.8, 4) is 5.69 Å². The molecule has 1 aliphatic heterocycles. The maximum Gasteiger partial charge on any atom is 0.232 e. The topological polar surface area (TPSA) is 114 Å². The molecule has 3 aromatic heterocycles. The van der Waals surface area contributed by atoms with E-state index in [1.54, 1.807) is 24.9 Å². The summed E-state index contributed by atoms with van der Waals surface area (Å²) in [5.74, 6) is 1.82. The second-order valence-electron chi connectivity index (χ2n) is 7.50. The van der Waals surface area contributed by atoms with Crippen molar-refractivity contribution < 1.29 is 4.79 Å². The predicted molar refractivity (Wildman–Crippen MR) is 121 cm³/mol. The SMILES string of the molecule is O=C1CCCN1CCCNc1nc(Nc2cnccn2)nc2c1ncn2-c1ccccc1. The first-order valence-corrected chi connectivity index (χ1v) is 10.6. The molecule has 4 heterocycles. The highest BCUT2D eigenvalue weighted by Gasteiger charge is 2.19. The minimum Gasteiger partial charge on any atom is -0.368 e. The van der Waals surface area contributed by atoms with Crippen molar-refractivity contribution in [1.29, 1.82) is 0 Å². The van der Waals surface area contributed by atoms with Crippen LogP contribution in [0.2, 0.25) is 0 Å². The number of nitrogens with one attached hydrogen (secondary N) is 2. The van der Waals surface area contributed by atoms with Gasteiger partial charge in [-0.15, -0.1) is 0 Å². The first-order chi connectivity index (χ1) is 15.8. The molecule has 32 heavy (non-hydrogen) atoms. The van der Waals surface area contributed by atoms with Crippen LogP contribution in [-0.2, 0) is 4.79 Å². The van der Waals surface area contributed by atoms with E-state index in [1.807, 2.05) is 39.8 Å². The Morgan fingerprint density at radius 1 is 1.06 bits per heavy atom. The Morgan fingerprint density at radius 3 is 2.75 bits per heavy atom. The standard InChI is InChI=1S/C22H23N9O/c32-18-8-4-12-30(18)13-5-9-25-20-19-21(31(15-26-19)16-6-2-1-3-7-16)29-22(28-20)27-17-14-23-10-11-24-17/h1-3,6-7,10-11,14-15H,4-5,8-9,12-13H2,(H2,24,25,27,28,29). The number of fused-ring (bicyclic) bond motifs is 1. The third kappa shape index (κ3) is 4.20. The number of imidazole rings is 1. The fourth-order valence-corrected chi connectivity index (χ4v) is 3.75. The third-order valence-electron chi connectivity index (χ3n) is 5.30. The maximum absolute atomic E-state index is 11.8. The summed E-state index contributed by atoms with van der Waals surface area (Å²) in [6.45, 7) is 2.26. The van der Waals surface area contributed by atoms with Gasteiger partial charge in [-0.25, -0.2) is 9.97 Å². The molecule has 0 atom stereocenters. The van der Waals surface area contributed by atoms with Gasteiger partial charge in [0.05, 0.1) is 6.20 Å². The van der Waals surface area contributed by atoms with Gasteiger partial charge in [0.1, 0.15) is 6.33 Å². The Bertz CT molecular complexity index is 1210. The van der Waals surface area contributed by atoms with Gasteiger partial charge in [-0.05, 0) is 25.0 Å². The number of aromatic nitrogens is 6. The van der Waals surface area contributed by atoms with Crippen LogP contribution >= 0.6 is 0 Å². The van der Waals surface area contributed by atoms with Crippen molar-refractivity contribution in [3.63, 3.8) is 0 Å². The van der Waals surface area contributed by atoms with Crippen molar-refractivity contribution >= 4 is 34.7 Å². The third-order valence-corrected chi connectivity index (χ3v) is 5.30. The molecule has 1 saturated heterocycles. The maximum atomic E-state index is 11.8. The van der Waals surface area contributed by atoms with E-state index in [9.17, 15) is 4.79 Å². The molecule has 1 fully saturated rings. The summed E-state index contributed by atoms with van der Waals surface area (Å²) in [4.78, 5) is 35.9. The fourth-order valence-electron chi connectivity index (χ4n) is 3.75. The molecular formula is C22H23N9O. The number of amides is 1. The Kier molecular flexibility index (Phi) is 5.56. The van der Waals surface area contributed by atoms with Gasteiger partial charge >= 0.3 is 0 Å².